The average Bonchev–Trinajstić information content (AvgIpc) is 2.97. The standard InChI is InChI=1S/C24H19N5O3/c1-15(30)29-18-10-8-17(9-11-18)20-23(12-25,13-26)24(14-27)19(16-6-4-3-5-7-16)22(2,31-20)32-21(24)28/h3-11,19-20,28H,1-2H3,(H,29,30). The number of nitrogens with zero attached hydrogens (tertiary/aromatic N) is 3. The second kappa shape index (κ2) is 7.20. The maximum absolute atomic E-state index is 11.3. The number of benzene rings is 2. The molecule has 4 rings (SSSR count). The van der Waals surface area contributed by atoms with Gasteiger partial charge < -0.3 is 14.8 Å². The maximum atomic E-state index is 11.3. The summed E-state index contributed by atoms with van der Waals surface area (Å²) in [4.78, 5) is 11.3. The lowest BCUT2D eigenvalue weighted by molar-refractivity contribution is -0.253. The number of anilines is 1. The fourth-order valence-electron chi connectivity index (χ4n) is 4.88. The Labute approximate surface area is 185 Å². The van der Waals surface area contributed by atoms with Crippen LogP contribution in [0.25, 0.3) is 0 Å². The van der Waals surface area contributed by atoms with E-state index >= 15 is 0 Å². The molecule has 2 aromatic carbocycles. The van der Waals surface area contributed by atoms with Gasteiger partial charge in [0.15, 0.2) is 5.41 Å². The summed E-state index contributed by atoms with van der Waals surface area (Å²) >= 11 is 0. The van der Waals surface area contributed by atoms with Gasteiger partial charge in [-0.25, -0.2) is 0 Å². The van der Waals surface area contributed by atoms with Crippen molar-refractivity contribution in [1.29, 1.82) is 21.2 Å². The maximum Gasteiger partial charge on any atom is 0.221 e. The van der Waals surface area contributed by atoms with Crippen LogP contribution in [0.2, 0.25) is 0 Å². The van der Waals surface area contributed by atoms with Gasteiger partial charge in [-0.1, -0.05) is 42.5 Å². The summed E-state index contributed by atoms with van der Waals surface area (Å²) < 4.78 is 12.1. The molecule has 2 N–H and O–H groups in total. The van der Waals surface area contributed by atoms with E-state index < -0.39 is 34.5 Å². The quantitative estimate of drug-likeness (QED) is 0.766. The lowest BCUT2D eigenvalue weighted by Gasteiger charge is -2.48. The van der Waals surface area contributed by atoms with E-state index in [1.807, 2.05) is 18.2 Å². The minimum absolute atomic E-state index is 0.239. The Morgan fingerprint density at radius 3 is 2.16 bits per heavy atom. The fourth-order valence-corrected chi connectivity index (χ4v) is 4.88. The highest BCUT2D eigenvalue weighted by Gasteiger charge is 2.79. The third-order valence-electron chi connectivity index (χ3n) is 6.18. The molecule has 0 spiro atoms. The molecule has 2 aliphatic heterocycles. The number of rotatable bonds is 3. The third kappa shape index (κ3) is 2.62. The lowest BCUT2D eigenvalue weighted by atomic mass is 9.52. The Morgan fingerprint density at radius 1 is 1.00 bits per heavy atom. The number of ether oxygens (including phenoxy) is 2. The van der Waals surface area contributed by atoms with Crippen molar-refractivity contribution >= 4 is 17.5 Å². The summed E-state index contributed by atoms with van der Waals surface area (Å²) in [6.07, 6.45) is -1.17. The number of carbonyl (C=O) groups excluding carboxylic acids is 1. The summed E-state index contributed by atoms with van der Waals surface area (Å²) in [5.41, 5.74) is -2.34. The predicted molar refractivity (Wildman–Crippen MR) is 113 cm³/mol. The van der Waals surface area contributed by atoms with Crippen LogP contribution < -0.4 is 5.32 Å². The smallest absolute Gasteiger partial charge is 0.221 e. The predicted octanol–water partition coefficient (Wildman–Crippen LogP) is 3.77. The molecule has 2 saturated heterocycles. The topological polar surface area (TPSA) is 143 Å². The first-order valence-corrected chi connectivity index (χ1v) is 9.90. The van der Waals surface area contributed by atoms with E-state index in [0.717, 1.165) is 0 Å². The van der Waals surface area contributed by atoms with Crippen LogP contribution in [0, 0.1) is 50.2 Å². The van der Waals surface area contributed by atoms with E-state index in [0.29, 0.717) is 16.8 Å². The van der Waals surface area contributed by atoms with Gasteiger partial charge in [0.1, 0.15) is 6.10 Å². The number of hydrogen-bond acceptors (Lipinski definition) is 7. The molecule has 1 amide bonds. The van der Waals surface area contributed by atoms with Crippen molar-refractivity contribution < 1.29 is 14.3 Å². The molecule has 0 saturated carbocycles. The molecule has 8 nitrogen and oxygen atoms in total. The van der Waals surface area contributed by atoms with E-state index in [1.54, 1.807) is 55.5 Å². The van der Waals surface area contributed by atoms with Gasteiger partial charge in [-0.3, -0.25) is 10.2 Å². The first kappa shape index (κ1) is 21.1. The average molecular weight is 425 g/mol. The Bertz CT molecular complexity index is 1210. The second-order valence-corrected chi connectivity index (χ2v) is 8.04. The van der Waals surface area contributed by atoms with Crippen LogP contribution >= 0.6 is 0 Å². The number of fused-ring (bicyclic) bond motifs is 2. The van der Waals surface area contributed by atoms with Gasteiger partial charge in [0.25, 0.3) is 0 Å². The van der Waals surface area contributed by atoms with Gasteiger partial charge in [0.05, 0.1) is 24.1 Å². The van der Waals surface area contributed by atoms with Gasteiger partial charge in [0.2, 0.25) is 23.0 Å². The van der Waals surface area contributed by atoms with Crippen LogP contribution in [0.15, 0.2) is 54.6 Å². The van der Waals surface area contributed by atoms with Crippen molar-refractivity contribution in [2.45, 2.75) is 31.7 Å². The molecule has 2 aliphatic rings. The van der Waals surface area contributed by atoms with Crippen LogP contribution in [-0.4, -0.2) is 17.6 Å². The molecule has 0 aliphatic carbocycles. The normalized spacial score (nSPS) is 29.7. The number of nitrogens with one attached hydrogen (secondary N) is 2. The molecular formula is C24H19N5O3. The number of nitriles is 3. The number of carbonyl (C=O) groups is 1. The molecule has 158 valence electrons. The first-order valence-electron chi connectivity index (χ1n) is 9.90. The zero-order chi connectivity index (χ0) is 23.1. The zero-order valence-corrected chi connectivity index (χ0v) is 17.4. The first-order chi connectivity index (χ1) is 15.3. The van der Waals surface area contributed by atoms with Gasteiger partial charge in [-0.2, -0.15) is 15.8 Å². The van der Waals surface area contributed by atoms with Crippen molar-refractivity contribution in [2.75, 3.05) is 5.32 Å². The van der Waals surface area contributed by atoms with Crippen LogP contribution in [0.5, 0.6) is 0 Å². The second-order valence-electron chi connectivity index (χ2n) is 8.04. The fraction of sp³-hybridized carbons (Fsp3) is 0.292. The van der Waals surface area contributed by atoms with Crippen molar-refractivity contribution in [3.63, 3.8) is 0 Å². The molecule has 2 heterocycles. The highest BCUT2D eigenvalue weighted by molar-refractivity contribution is 5.91. The SMILES string of the molecule is CC(=O)Nc1ccc(C2OC3(C)OC(=N)C(C#N)(C3c3ccccc3)C2(C#N)C#N)cc1. The molecule has 2 bridgehead atoms. The molecule has 0 radical (unpaired) electrons. The van der Waals surface area contributed by atoms with Crippen molar-refractivity contribution in [3.8, 4) is 18.2 Å². The molecule has 0 aromatic heterocycles. The largest absolute Gasteiger partial charge is 0.447 e. The van der Waals surface area contributed by atoms with Gasteiger partial charge >= 0.3 is 0 Å². The highest BCUT2D eigenvalue weighted by Crippen LogP contribution is 2.69. The molecule has 8 heteroatoms. The van der Waals surface area contributed by atoms with E-state index in [4.69, 9.17) is 14.9 Å². The molecule has 4 unspecified atom stereocenters. The van der Waals surface area contributed by atoms with Crippen molar-refractivity contribution in [1.82, 2.24) is 0 Å². The van der Waals surface area contributed by atoms with E-state index in [9.17, 15) is 20.6 Å². The zero-order valence-electron chi connectivity index (χ0n) is 17.4. The van der Waals surface area contributed by atoms with Crippen LogP contribution in [-0.2, 0) is 14.3 Å². The minimum Gasteiger partial charge on any atom is -0.447 e. The van der Waals surface area contributed by atoms with Crippen LogP contribution in [0.3, 0.4) is 0 Å². The van der Waals surface area contributed by atoms with Gasteiger partial charge in [-0.15, -0.1) is 0 Å². The summed E-state index contributed by atoms with van der Waals surface area (Å²) in [6, 6.07) is 21.6. The number of hydrogen-bond donors (Lipinski definition) is 2. The molecule has 2 aromatic rings. The van der Waals surface area contributed by atoms with Crippen molar-refractivity contribution in [2.24, 2.45) is 10.8 Å². The monoisotopic (exact) mass is 425 g/mol. The number of amides is 1. The van der Waals surface area contributed by atoms with E-state index in [-0.39, 0.29) is 5.91 Å². The Kier molecular flexibility index (Phi) is 4.74. The van der Waals surface area contributed by atoms with E-state index in [2.05, 4.69) is 11.4 Å². The summed E-state index contributed by atoms with van der Waals surface area (Å²) in [7, 11) is 0. The Hall–Kier alpha value is -4.19. The lowest BCUT2D eigenvalue weighted by Crippen LogP contribution is -2.57. The molecule has 32 heavy (non-hydrogen) atoms. The van der Waals surface area contributed by atoms with Crippen LogP contribution in [0.4, 0.5) is 5.69 Å². The van der Waals surface area contributed by atoms with Gasteiger partial charge in [-0.05, 0) is 23.3 Å². The molecule has 2 fully saturated rings. The summed E-state index contributed by atoms with van der Waals surface area (Å²) in [6.45, 7) is 3.01. The molecular weight excluding hydrogens is 406 g/mol. The molecule has 4 atom stereocenters. The van der Waals surface area contributed by atoms with E-state index in [1.165, 1.54) is 6.92 Å². The van der Waals surface area contributed by atoms with Gasteiger partial charge in [0, 0.05) is 19.5 Å². The summed E-state index contributed by atoms with van der Waals surface area (Å²) in [5, 5.41) is 42.3. The minimum atomic E-state index is -2.06. The van der Waals surface area contributed by atoms with Crippen molar-refractivity contribution in [3.05, 3.63) is 65.7 Å². The van der Waals surface area contributed by atoms with Crippen LogP contribution in [0.1, 0.15) is 37.0 Å². The Balaban J connectivity index is 1.93. The summed E-state index contributed by atoms with van der Waals surface area (Å²) in [5.74, 6) is -3.02. The third-order valence-corrected chi connectivity index (χ3v) is 6.18. The highest BCUT2D eigenvalue weighted by atomic mass is 16.7. The Morgan fingerprint density at radius 2 is 1.62 bits per heavy atom.